The van der Waals surface area contributed by atoms with Crippen LogP contribution in [0.25, 0.3) is 0 Å². The van der Waals surface area contributed by atoms with Crippen molar-refractivity contribution >= 4 is 15.6 Å². The molecule has 0 fully saturated rings. The van der Waals surface area contributed by atoms with E-state index in [2.05, 4.69) is 0 Å². The van der Waals surface area contributed by atoms with Crippen molar-refractivity contribution in [2.45, 2.75) is 32.9 Å². The van der Waals surface area contributed by atoms with Crippen molar-refractivity contribution in [3.63, 3.8) is 0 Å². The lowest BCUT2D eigenvalue weighted by atomic mass is 10.0. The van der Waals surface area contributed by atoms with Crippen molar-refractivity contribution in [3.05, 3.63) is 34.9 Å². The fourth-order valence-corrected chi connectivity index (χ4v) is 2.32. The lowest BCUT2D eigenvalue weighted by Crippen LogP contribution is -2.24. The largest absolute Gasteiger partial charge is 0.293 e. The summed E-state index contributed by atoms with van der Waals surface area (Å²) in [6.45, 7) is 6.87. The number of ketones is 1. The third-order valence-electron chi connectivity index (χ3n) is 2.74. The van der Waals surface area contributed by atoms with Crippen LogP contribution in [-0.4, -0.2) is 25.2 Å². The Bertz CT molecular complexity index is 528. The Morgan fingerprint density at radius 1 is 1.24 bits per heavy atom. The fourth-order valence-electron chi connectivity index (χ4n) is 1.46. The van der Waals surface area contributed by atoms with Crippen LogP contribution in [0, 0.1) is 13.8 Å². The summed E-state index contributed by atoms with van der Waals surface area (Å²) >= 11 is 0. The Kier molecular flexibility index (Phi) is 4.09. The molecule has 4 heteroatoms. The van der Waals surface area contributed by atoms with Gasteiger partial charge < -0.3 is 0 Å². The van der Waals surface area contributed by atoms with E-state index < -0.39 is 20.8 Å². The Balaban J connectivity index is 3.03. The van der Waals surface area contributed by atoms with Crippen LogP contribution in [0.2, 0.25) is 0 Å². The minimum Gasteiger partial charge on any atom is -0.293 e. The van der Waals surface area contributed by atoms with E-state index in [4.69, 9.17) is 0 Å². The Morgan fingerprint density at radius 2 is 1.82 bits per heavy atom. The smallest absolute Gasteiger partial charge is 0.178 e. The summed E-state index contributed by atoms with van der Waals surface area (Å²) in [6.07, 6.45) is 0. The first-order chi connectivity index (χ1) is 7.74. The lowest BCUT2D eigenvalue weighted by molar-refractivity contribution is 0.102. The maximum Gasteiger partial charge on any atom is 0.178 e. The van der Waals surface area contributed by atoms with Crippen molar-refractivity contribution in [1.29, 1.82) is 0 Å². The normalized spacial score (nSPS) is 11.8. The molecule has 0 spiro atoms. The van der Waals surface area contributed by atoms with E-state index in [-0.39, 0.29) is 5.78 Å². The second-order valence-corrected chi connectivity index (χ2v) is 7.15. The van der Waals surface area contributed by atoms with Crippen LogP contribution in [-0.2, 0) is 9.84 Å². The standard InChI is InChI=1S/C13H18O3S/c1-9(2)17(15,16)8-13(14)12-7-10(3)5-6-11(12)4/h5-7,9H,8H2,1-4H3. The molecule has 17 heavy (non-hydrogen) atoms. The molecule has 0 N–H and O–H groups in total. The number of hydrogen-bond acceptors (Lipinski definition) is 3. The molecule has 0 aliphatic rings. The third kappa shape index (κ3) is 3.40. The predicted octanol–water partition coefficient (Wildman–Crippen LogP) is 2.31. The van der Waals surface area contributed by atoms with Gasteiger partial charge in [-0.3, -0.25) is 4.79 Å². The maximum absolute atomic E-state index is 12.0. The first kappa shape index (κ1) is 13.9. The van der Waals surface area contributed by atoms with E-state index in [1.54, 1.807) is 19.9 Å². The number of hydrogen-bond donors (Lipinski definition) is 0. The monoisotopic (exact) mass is 254 g/mol. The van der Waals surface area contributed by atoms with Gasteiger partial charge in [-0.25, -0.2) is 8.42 Å². The average molecular weight is 254 g/mol. The minimum atomic E-state index is -3.32. The Labute approximate surface area is 103 Å². The molecule has 0 radical (unpaired) electrons. The molecule has 3 nitrogen and oxygen atoms in total. The number of Topliss-reactive ketones (excluding diaryl/α,β-unsaturated/α-hetero) is 1. The predicted molar refractivity (Wildman–Crippen MR) is 69.2 cm³/mol. The fraction of sp³-hybridized carbons (Fsp3) is 0.462. The second kappa shape index (κ2) is 5.00. The summed E-state index contributed by atoms with van der Waals surface area (Å²) in [4.78, 5) is 12.0. The van der Waals surface area contributed by atoms with Crippen molar-refractivity contribution in [2.24, 2.45) is 0 Å². The molecule has 0 saturated heterocycles. The van der Waals surface area contributed by atoms with Crippen molar-refractivity contribution < 1.29 is 13.2 Å². The van der Waals surface area contributed by atoms with E-state index >= 15 is 0 Å². The van der Waals surface area contributed by atoms with Crippen LogP contribution < -0.4 is 0 Å². The molecule has 0 amide bonds. The topological polar surface area (TPSA) is 51.2 Å². The van der Waals surface area contributed by atoms with E-state index in [0.717, 1.165) is 11.1 Å². The number of sulfone groups is 1. The molecular formula is C13H18O3S. The zero-order valence-electron chi connectivity index (χ0n) is 10.6. The highest BCUT2D eigenvalue weighted by atomic mass is 32.2. The van der Waals surface area contributed by atoms with Gasteiger partial charge in [-0.1, -0.05) is 17.7 Å². The number of carbonyl (C=O) groups is 1. The number of aryl methyl sites for hydroxylation is 2. The van der Waals surface area contributed by atoms with Crippen molar-refractivity contribution in [3.8, 4) is 0 Å². The Morgan fingerprint density at radius 3 is 2.35 bits per heavy atom. The van der Waals surface area contributed by atoms with E-state index in [1.807, 2.05) is 26.0 Å². The van der Waals surface area contributed by atoms with Gasteiger partial charge in [0.2, 0.25) is 0 Å². The van der Waals surface area contributed by atoms with Gasteiger partial charge in [0.1, 0.15) is 5.75 Å². The Hall–Kier alpha value is -1.16. The van der Waals surface area contributed by atoms with E-state index in [1.165, 1.54) is 0 Å². The molecule has 94 valence electrons. The van der Waals surface area contributed by atoms with Gasteiger partial charge in [-0.15, -0.1) is 0 Å². The third-order valence-corrected chi connectivity index (χ3v) is 4.85. The molecule has 1 aromatic rings. The van der Waals surface area contributed by atoms with E-state index in [9.17, 15) is 13.2 Å². The molecule has 0 atom stereocenters. The van der Waals surface area contributed by atoms with Crippen molar-refractivity contribution in [1.82, 2.24) is 0 Å². The molecule has 0 aliphatic carbocycles. The molecular weight excluding hydrogens is 236 g/mol. The zero-order chi connectivity index (χ0) is 13.2. The second-order valence-electron chi connectivity index (χ2n) is 4.60. The van der Waals surface area contributed by atoms with Crippen LogP contribution in [0.15, 0.2) is 18.2 Å². The molecule has 1 aromatic carbocycles. The summed E-state index contributed by atoms with van der Waals surface area (Å²) in [7, 11) is -3.32. The van der Waals surface area contributed by atoms with Gasteiger partial charge in [-0.2, -0.15) is 0 Å². The lowest BCUT2D eigenvalue weighted by Gasteiger charge is -2.09. The molecule has 0 bridgehead atoms. The van der Waals surface area contributed by atoms with Gasteiger partial charge in [0, 0.05) is 5.56 Å². The highest BCUT2D eigenvalue weighted by molar-refractivity contribution is 7.92. The van der Waals surface area contributed by atoms with Crippen LogP contribution in [0.4, 0.5) is 0 Å². The van der Waals surface area contributed by atoms with Gasteiger partial charge in [0.25, 0.3) is 0 Å². The van der Waals surface area contributed by atoms with Crippen LogP contribution >= 0.6 is 0 Å². The minimum absolute atomic E-state index is 0.320. The molecule has 0 aliphatic heterocycles. The first-order valence-electron chi connectivity index (χ1n) is 5.56. The zero-order valence-corrected chi connectivity index (χ0v) is 11.5. The summed E-state index contributed by atoms with van der Waals surface area (Å²) in [5.74, 6) is -0.727. The summed E-state index contributed by atoms with van der Waals surface area (Å²) in [5, 5.41) is -0.517. The highest BCUT2D eigenvalue weighted by Crippen LogP contribution is 2.13. The maximum atomic E-state index is 12.0. The number of rotatable bonds is 4. The van der Waals surface area contributed by atoms with Gasteiger partial charge >= 0.3 is 0 Å². The number of carbonyl (C=O) groups excluding carboxylic acids is 1. The van der Waals surface area contributed by atoms with Gasteiger partial charge in [0.05, 0.1) is 5.25 Å². The van der Waals surface area contributed by atoms with Gasteiger partial charge in [0.15, 0.2) is 15.6 Å². The molecule has 0 unspecified atom stereocenters. The SMILES string of the molecule is Cc1ccc(C)c(C(=O)CS(=O)(=O)C(C)C)c1. The average Bonchev–Trinajstić information content (AvgIpc) is 2.20. The van der Waals surface area contributed by atoms with Crippen LogP contribution in [0.3, 0.4) is 0 Å². The summed E-state index contributed by atoms with van der Waals surface area (Å²) in [6, 6.07) is 5.49. The molecule has 0 heterocycles. The first-order valence-corrected chi connectivity index (χ1v) is 7.27. The molecule has 0 saturated carbocycles. The molecule has 0 aromatic heterocycles. The van der Waals surface area contributed by atoms with Crippen molar-refractivity contribution in [2.75, 3.05) is 5.75 Å². The molecule has 1 rings (SSSR count). The van der Waals surface area contributed by atoms with Gasteiger partial charge in [-0.05, 0) is 39.3 Å². The summed E-state index contributed by atoms with van der Waals surface area (Å²) in [5.41, 5.74) is 2.29. The van der Waals surface area contributed by atoms with Crippen LogP contribution in [0.1, 0.15) is 35.3 Å². The van der Waals surface area contributed by atoms with E-state index in [0.29, 0.717) is 5.56 Å². The summed E-state index contributed by atoms with van der Waals surface area (Å²) < 4.78 is 23.4. The quantitative estimate of drug-likeness (QED) is 0.775. The highest BCUT2D eigenvalue weighted by Gasteiger charge is 2.22. The number of benzene rings is 1. The van der Waals surface area contributed by atoms with Crippen LogP contribution in [0.5, 0.6) is 0 Å².